The Morgan fingerprint density at radius 1 is 1.75 bits per heavy atom. The molecule has 4 heteroatoms. The summed E-state index contributed by atoms with van der Waals surface area (Å²) in [6.45, 7) is 1.33. The molecule has 0 aliphatic heterocycles. The maximum Gasteiger partial charge on any atom is 0.149 e. The van der Waals surface area contributed by atoms with E-state index in [1.54, 1.807) is 12.1 Å². The van der Waals surface area contributed by atoms with Crippen molar-refractivity contribution in [3.63, 3.8) is 0 Å². The summed E-state index contributed by atoms with van der Waals surface area (Å²) in [4.78, 5) is 10.8. The van der Waals surface area contributed by atoms with Gasteiger partial charge in [0.2, 0.25) is 0 Å². The Hall–Kier alpha value is -1.13. The van der Waals surface area contributed by atoms with E-state index >= 15 is 0 Å². The number of ketones is 1. The molecule has 0 saturated carbocycles. The van der Waals surface area contributed by atoms with Crippen molar-refractivity contribution in [1.29, 1.82) is 0 Å². The van der Waals surface area contributed by atoms with Gasteiger partial charge in [-0.1, -0.05) is 0 Å². The fraction of sp³-hybridized carbons (Fsp3) is 0.375. The molecule has 4 nitrogen and oxygen atoms in total. The van der Waals surface area contributed by atoms with Crippen molar-refractivity contribution in [2.75, 3.05) is 0 Å². The fourth-order valence-corrected chi connectivity index (χ4v) is 0.859. The van der Waals surface area contributed by atoms with Gasteiger partial charge in [-0.3, -0.25) is 4.79 Å². The molecule has 0 amide bonds. The molecule has 0 radical (unpaired) electrons. The van der Waals surface area contributed by atoms with Gasteiger partial charge < -0.3 is 15.3 Å². The van der Waals surface area contributed by atoms with Crippen LogP contribution < -0.4 is 5.73 Å². The molecule has 0 fully saturated rings. The van der Waals surface area contributed by atoms with E-state index in [1.807, 2.05) is 0 Å². The third kappa shape index (κ3) is 1.72. The number of Topliss-reactive ketones (excluding diaryl/α,β-unsaturated/α-hetero) is 1. The lowest BCUT2D eigenvalue weighted by Crippen LogP contribution is -2.34. The topological polar surface area (TPSA) is 76.5 Å². The molecule has 1 aromatic heterocycles. The second-order valence-corrected chi connectivity index (χ2v) is 2.60. The molecule has 0 aromatic carbocycles. The van der Waals surface area contributed by atoms with Crippen LogP contribution >= 0.6 is 0 Å². The zero-order chi connectivity index (χ0) is 9.14. The SMILES string of the molecule is CC(=O)[C@@H](N)[C@H](O)c1ccco1. The molecule has 2 atom stereocenters. The van der Waals surface area contributed by atoms with Crippen molar-refractivity contribution in [3.05, 3.63) is 24.2 Å². The maximum absolute atomic E-state index is 10.8. The highest BCUT2D eigenvalue weighted by Crippen LogP contribution is 2.15. The molecule has 1 rings (SSSR count). The number of rotatable bonds is 3. The summed E-state index contributed by atoms with van der Waals surface area (Å²) in [7, 11) is 0. The van der Waals surface area contributed by atoms with Gasteiger partial charge in [-0.15, -0.1) is 0 Å². The number of aliphatic hydroxyl groups is 1. The molecule has 0 unspecified atom stereocenters. The lowest BCUT2D eigenvalue weighted by Gasteiger charge is -2.12. The Balaban J connectivity index is 2.71. The Bertz CT molecular complexity index is 255. The van der Waals surface area contributed by atoms with E-state index in [4.69, 9.17) is 10.2 Å². The molecule has 66 valence electrons. The minimum absolute atomic E-state index is 0.265. The van der Waals surface area contributed by atoms with Gasteiger partial charge in [-0.2, -0.15) is 0 Å². The summed E-state index contributed by atoms with van der Waals surface area (Å²) in [5.41, 5.74) is 5.39. The number of hydrogen-bond donors (Lipinski definition) is 2. The Morgan fingerprint density at radius 2 is 2.42 bits per heavy atom. The fourth-order valence-electron chi connectivity index (χ4n) is 0.859. The molecule has 12 heavy (non-hydrogen) atoms. The van der Waals surface area contributed by atoms with Crippen LogP contribution in [0.25, 0.3) is 0 Å². The van der Waals surface area contributed by atoms with Gasteiger partial charge in [-0.25, -0.2) is 0 Å². The Labute approximate surface area is 70.0 Å². The van der Waals surface area contributed by atoms with Gasteiger partial charge >= 0.3 is 0 Å². The van der Waals surface area contributed by atoms with Crippen LogP contribution in [-0.4, -0.2) is 16.9 Å². The van der Waals surface area contributed by atoms with E-state index < -0.39 is 12.1 Å². The number of carbonyl (C=O) groups excluding carboxylic acids is 1. The summed E-state index contributed by atoms with van der Waals surface area (Å²) in [6.07, 6.45) is 0.378. The molecule has 0 aliphatic carbocycles. The van der Waals surface area contributed by atoms with Gasteiger partial charge in [0, 0.05) is 0 Å². The Morgan fingerprint density at radius 3 is 2.83 bits per heavy atom. The smallest absolute Gasteiger partial charge is 0.149 e. The van der Waals surface area contributed by atoms with Crippen molar-refractivity contribution in [2.24, 2.45) is 5.73 Å². The molecule has 1 aromatic rings. The van der Waals surface area contributed by atoms with E-state index in [0.717, 1.165) is 0 Å². The zero-order valence-electron chi connectivity index (χ0n) is 6.73. The minimum Gasteiger partial charge on any atom is -0.467 e. The lowest BCUT2D eigenvalue weighted by molar-refractivity contribution is -0.120. The average Bonchev–Trinajstić information content (AvgIpc) is 2.53. The molecule has 0 bridgehead atoms. The molecular formula is C8H11NO3. The lowest BCUT2D eigenvalue weighted by atomic mass is 10.1. The van der Waals surface area contributed by atoms with Crippen LogP contribution in [0.15, 0.2) is 22.8 Å². The van der Waals surface area contributed by atoms with E-state index in [9.17, 15) is 9.90 Å². The third-order valence-electron chi connectivity index (χ3n) is 1.64. The first kappa shape index (κ1) is 8.96. The number of aliphatic hydroxyl groups excluding tert-OH is 1. The maximum atomic E-state index is 10.8. The average molecular weight is 169 g/mol. The second-order valence-electron chi connectivity index (χ2n) is 2.60. The van der Waals surface area contributed by atoms with Gasteiger partial charge in [-0.05, 0) is 19.1 Å². The molecule has 1 heterocycles. The minimum atomic E-state index is -1.04. The van der Waals surface area contributed by atoms with Crippen LogP contribution in [0.1, 0.15) is 18.8 Å². The van der Waals surface area contributed by atoms with Crippen molar-refractivity contribution < 1.29 is 14.3 Å². The van der Waals surface area contributed by atoms with Crippen LogP contribution in [0.4, 0.5) is 0 Å². The number of hydrogen-bond acceptors (Lipinski definition) is 4. The highest BCUT2D eigenvalue weighted by atomic mass is 16.4. The van der Waals surface area contributed by atoms with E-state index in [0.29, 0.717) is 5.76 Å². The molecule has 0 spiro atoms. The number of furan rings is 1. The Kier molecular flexibility index (Phi) is 2.62. The number of nitrogens with two attached hydrogens (primary N) is 1. The van der Waals surface area contributed by atoms with E-state index in [-0.39, 0.29) is 5.78 Å². The first-order valence-electron chi connectivity index (χ1n) is 3.60. The van der Waals surface area contributed by atoms with Crippen molar-refractivity contribution in [3.8, 4) is 0 Å². The van der Waals surface area contributed by atoms with Crippen LogP contribution in [0.3, 0.4) is 0 Å². The largest absolute Gasteiger partial charge is 0.467 e. The normalized spacial score (nSPS) is 15.6. The summed E-state index contributed by atoms with van der Waals surface area (Å²) in [6, 6.07) is 2.30. The second kappa shape index (κ2) is 3.51. The van der Waals surface area contributed by atoms with E-state index in [2.05, 4.69) is 0 Å². The number of carbonyl (C=O) groups is 1. The van der Waals surface area contributed by atoms with Crippen molar-refractivity contribution in [2.45, 2.75) is 19.1 Å². The summed E-state index contributed by atoms with van der Waals surface area (Å²) < 4.78 is 4.88. The first-order valence-corrected chi connectivity index (χ1v) is 3.60. The van der Waals surface area contributed by atoms with Crippen LogP contribution in [-0.2, 0) is 4.79 Å². The quantitative estimate of drug-likeness (QED) is 0.679. The summed E-state index contributed by atoms with van der Waals surface area (Å²) >= 11 is 0. The molecule has 0 aliphatic rings. The highest BCUT2D eigenvalue weighted by Gasteiger charge is 2.22. The van der Waals surface area contributed by atoms with Gasteiger partial charge in [0.05, 0.1) is 12.3 Å². The zero-order valence-corrected chi connectivity index (χ0v) is 6.73. The molecule has 3 N–H and O–H groups in total. The van der Waals surface area contributed by atoms with Gasteiger partial charge in [0.15, 0.2) is 0 Å². The predicted molar refractivity (Wildman–Crippen MR) is 42.3 cm³/mol. The van der Waals surface area contributed by atoms with Crippen LogP contribution in [0.2, 0.25) is 0 Å². The van der Waals surface area contributed by atoms with E-state index in [1.165, 1.54) is 13.2 Å². The van der Waals surface area contributed by atoms with Crippen LogP contribution in [0, 0.1) is 0 Å². The first-order chi connectivity index (χ1) is 5.63. The monoisotopic (exact) mass is 169 g/mol. The van der Waals surface area contributed by atoms with Crippen molar-refractivity contribution in [1.82, 2.24) is 0 Å². The molecular weight excluding hydrogens is 158 g/mol. The third-order valence-corrected chi connectivity index (χ3v) is 1.64. The summed E-state index contributed by atoms with van der Waals surface area (Å²) in [5.74, 6) is 0.0524. The predicted octanol–water partition coefficient (Wildman–Crippen LogP) is 0.229. The van der Waals surface area contributed by atoms with Crippen LogP contribution in [0.5, 0.6) is 0 Å². The standard InChI is InChI=1S/C8H11NO3/c1-5(10)7(9)8(11)6-3-2-4-12-6/h2-4,7-8,11H,9H2,1H3/t7-,8-/m1/s1. The summed E-state index contributed by atoms with van der Waals surface area (Å²) in [5, 5.41) is 9.41. The highest BCUT2D eigenvalue weighted by molar-refractivity contribution is 5.81. The van der Waals surface area contributed by atoms with Gasteiger partial charge in [0.25, 0.3) is 0 Å². The van der Waals surface area contributed by atoms with Crippen molar-refractivity contribution >= 4 is 5.78 Å². The molecule has 0 saturated heterocycles. The van der Waals surface area contributed by atoms with Gasteiger partial charge in [0.1, 0.15) is 17.6 Å².